The van der Waals surface area contributed by atoms with Gasteiger partial charge in [-0.25, -0.2) is 9.59 Å². The van der Waals surface area contributed by atoms with Crippen LogP contribution in [0.25, 0.3) is 17.2 Å². The first-order valence-electron chi connectivity index (χ1n) is 9.58. The minimum absolute atomic E-state index is 0.00668. The molecule has 0 fully saturated rings. The normalized spacial score (nSPS) is 12.4. The zero-order chi connectivity index (χ0) is 20.9. The first-order chi connectivity index (χ1) is 14.6. The zero-order valence-electron chi connectivity index (χ0n) is 16.1. The predicted octanol–water partition coefficient (Wildman–Crippen LogP) is 4.33. The van der Waals surface area contributed by atoms with Crippen molar-refractivity contribution in [3.8, 4) is 11.1 Å². The lowest BCUT2D eigenvalue weighted by Gasteiger charge is -2.14. The Kier molecular flexibility index (Phi) is 5.57. The summed E-state index contributed by atoms with van der Waals surface area (Å²) < 4.78 is 5.46. The molecule has 0 bridgehead atoms. The maximum Gasteiger partial charge on any atom is 0.407 e. The van der Waals surface area contributed by atoms with Crippen molar-refractivity contribution in [2.75, 3.05) is 13.2 Å². The Hall–Kier alpha value is -3.93. The molecule has 1 aliphatic rings. The van der Waals surface area contributed by atoms with Crippen LogP contribution in [-0.2, 0) is 4.74 Å². The predicted molar refractivity (Wildman–Crippen MR) is 113 cm³/mol. The number of carbonyl (C=O) groups is 2. The van der Waals surface area contributed by atoms with E-state index in [1.54, 1.807) is 12.2 Å². The van der Waals surface area contributed by atoms with Crippen LogP contribution in [0.3, 0.4) is 0 Å². The second-order valence-corrected chi connectivity index (χ2v) is 6.88. The van der Waals surface area contributed by atoms with Crippen LogP contribution < -0.4 is 5.32 Å². The Morgan fingerprint density at radius 2 is 1.70 bits per heavy atom. The Morgan fingerprint density at radius 1 is 1.03 bits per heavy atom. The Morgan fingerprint density at radius 3 is 2.37 bits per heavy atom. The third-order valence-electron chi connectivity index (χ3n) is 5.09. The Labute approximate surface area is 173 Å². The van der Waals surface area contributed by atoms with Crippen molar-refractivity contribution >= 4 is 18.1 Å². The van der Waals surface area contributed by atoms with E-state index in [0.29, 0.717) is 5.56 Å². The number of carboxylic acids is 1. The highest BCUT2D eigenvalue weighted by Crippen LogP contribution is 2.44. The molecule has 1 heterocycles. The number of carboxylic acid groups (broad SMARTS) is 1. The standard InChI is InChI=1S/C24H20N2O4/c27-23(28)17-11-13-25-14-16(17)6-5-12-26-24(29)30-15-22-20-9-3-1-7-18(20)19-8-2-4-10-21(19)22/h1-11,13-14,22H,12,15H2,(H,26,29)(H,27,28). The molecule has 0 saturated heterocycles. The fraction of sp³-hybridized carbons (Fsp3) is 0.125. The number of hydrogen-bond donors (Lipinski definition) is 2. The highest BCUT2D eigenvalue weighted by atomic mass is 16.5. The van der Waals surface area contributed by atoms with E-state index in [-0.39, 0.29) is 24.6 Å². The van der Waals surface area contributed by atoms with E-state index in [1.807, 2.05) is 24.3 Å². The van der Waals surface area contributed by atoms with E-state index in [1.165, 1.54) is 29.6 Å². The number of ether oxygens (including phenoxy) is 1. The highest BCUT2D eigenvalue weighted by Gasteiger charge is 2.28. The molecule has 4 rings (SSSR count). The number of pyridine rings is 1. The smallest absolute Gasteiger partial charge is 0.407 e. The first kappa shape index (κ1) is 19.4. The maximum atomic E-state index is 12.1. The van der Waals surface area contributed by atoms with Crippen LogP contribution in [0.4, 0.5) is 4.79 Å². The summed E-state index contributed by atoms with van der Waals surface area (Å²) in [7, 11) is 0. The van der Waals surface area contributed by atoms with Crippen LogP contribution in [-0.4, -0.2) is 35.3 Å². The van der Waals surface area contributed by atoms with Gasteiger partial charge in [0.2, 0.25) is 0 Å². The SMILES string of the molecule is O=C(NCC=Cc1cnccc1C(=O)O)OCC1c2ccccc2-c2ccccc21. The van der Waals surface area contributed by atoms with Gasteiger partial charge in [0.05, 0.1) is 5.56 Å². The van der Waals surface area contributed by atoms with E-state index >= 15 is 0 Å². The minimum atomic E-state index is -1.03. The van der Waals surface area contributed by atoms with Gasteiger partial charge in [-0.1, -0.05) is 60.7 Å². The van der Waals surface area contributed by atoms with Crippen molar-refractivity contribution in [3.63, 3.8) is 0 Å². The molecule has 6 nitrogen and oxygen atoms in total. The van der Waals surface area contributed by atoms with Crippen molar-refractivity contribution in [2.45, 2.75) is 5.92 Å². The van der Waals surface area contributed by atoms with Crippen LogP contribution in [0, 0.1) is 0 Å². The summed E-state index contributed by atoms with van der Waals surface area (Å²) in [5.41, 5.74) is 5.29. The molecule has 30 heavy (non-hydrogen) atoms. The van der Waals surface area contributed by atoms with E-state index in [2.05, 4.69) is 34.6 Å². The second kappa shape index (κ2) is 8.61. The first-order valence-corrected chi connectivity index (χ1v) is 9.58. The van der Waals surface area contributed by atoms with E-state index in [9.17, 15) is 14.7 Å². The quantitative estimate of drug-likeness (QED) is 0.643. The van der Waals surface area contributed by atoms with Crippen LogP contribution >= 0.6 is 0 Å². The number of hydrogen-bond acceptors (Lipinski definition) is 4. The number of nitrogens with one attached hydrogen (secondary N) is 1. The van der Waals surface area contributed by atoms with Crippen LogP contribution in [0.15, 0.2) is 73.1 Å². The number of alkyl carbamates (subject to hydrolysis) is 1. The van der Waals surface area contributed by atoms with Crippen molar-refractivity contribution < 1.29 is 19.4 Å². The van der Waals surface area contributed by atoms with Gasteiger partial charge in [0.25, 0.3) is 0 Å². The molecule has 0 spiro atoms. The highest BCUT2D eigenvalue weighted by molar-refractivity contribution is 5.91. The lowest BCUT2D eigenvalue weighted by molar-refractivity contribution is 0.0696. The second-order valence-electron chi connectivity index (χ2n) is 6.88. The molecule has 0 atom stereocenters. The van der Waals surface area contributed by atoms with Crippen molar-refractivity contribution in [2.24, 2.45) is 0 Å². The van der Waals surface area contributed by atoms with Crippen molar-refractivity contribution in [1.82, 2.24) is 10.3 Å². The number of carbonyl (C=O) groups excluding carboxylic acids is 1. The fourth-order valence-electron chi connectivity index (χ4n) is 3.71. The molecule has 0 radical (unpaired) electrons. The summed E-state index contributed by atoms with van der Waals surface area (Å²) in [6.07, 6.45) is 5.64. The molecular weight excluding hydrogens is 380 g/mol. The van der Waals surface area contributed by atoms with Crippen molar-refractivity contribution in [3.05, 3.63) is 95.3 Å². The van der Waals surface area contributed by atoms with Gasteiger partial charge in [-0.2, -0.15) is 0 Å². The van der Waals surface area contributed by atoms with Gasteiger partial charge < -0.3 is 15.2 Å². The molecule has 2 aromatic carbocycles. The number of amides is 1. The van der Waals surface area contributed by atoms with E-state index in [0.717, 1.165) is 11.1 Å². The summed E-state index contributed by atoms with van der Waals surface area (Å²) in [4.78, 5) is 27.3. The molecule has 1 aromatic heterocycles. The molecule has 150 valence electrons. The van der Waals surface area contributed by atoms with Crippen LogP contribution in [0.2, 0.25) is 0 Å². The van der Waals surface area contributed by atoms with Gasteiger partial charge in [-0.15, -0.1) is 0 Å². The molecule has 0 aliphatic heterocycles. The van der Waals surface area contributed by atoms with Crippen LogP contribution in [0.1, 0.15) is 33.0 Å². The fourth-order valence-corrected chi connectivity index (χ4v) is 3.71. The average Bonchev–Trinajstić information content (AvgIpc) is 3.09. The van der Waals surface area contributed by atoms with Gasteiger partial charge in [-0.3, -0.25) is 4.98 Å². The monoisotopic (exact) mass is 400 g/mol. The molecule has 0 unspecified atom stereocenters. The number of aromatic carboxylic acids is 1. The maximum absolute atomic E-state index is 12.1. The lowest BCUT2D eigenvalue weighted by Crippen LogP contribution is -2.26. The summed E-state index contributed by atoms with van der Waals surface area (Å²) in [6.45, 7) is 0.458. The number of rotatable bonds is 6. The van der Waals surface area contributed by atoms with Gasteiger partial charge in [0.1, 0.15) is 6.61 Å². The third-order valence-corrected chi connectivity index (χ3v) is 5.09. The van der Waals surface area contributed by atoms with Gasteiger partial charge in [0, 0.05) is 30.4 Å². The largest absolute Gasteiger partial charge is 0.478 e. The summed E-state index contributed by atoms with van der Waals surface area (Å²) in [5.74, 6) is -1.02. The van der Waals surface area contributed by atoms with Gasteiger partial charge in [0.15, 0.2) is 0 Å². The van der Waals surface area contributed by atoms with Crippen LogP contribution in [0.5, 0.6) is 0 Å². The van der Waals surface area contributed by atoms with E-state index in [4.69, 9.17) is 4.74 Å². The Bertz CT molecular complexity index is 1080. The molecule has 1 aliphatic carbocycles. The zero-order valence-corrected chi connectivity index (χ0v) is 16.1. The van der Waals surface area contributed by atoms with Crippen molar-refractivity contribution in [1.29, 1.82) is 0 Å². The molecule has 3 aromatic rings. The molecule has 6 heteroatoms. The third kappa shape index (κ3) is 3.93. The lowest BCUT2D eigenvalue weighted by atomic mass is 9.98. The molecule has 0 saturated carbocycles. The Balaban J connectivity index is 1.34. The minimum Gasteiger partial charge on any atom is -0.478 e. The molecule has 1 amide bonds. The summed E-state index contributed by atoms with van der Waals surface area (Å²) >= 11 is 0. The number of aromatic nitrogens is 1. The topological polar surface area (TPSA) is 88.5 Å². The molecular formula is C24H20N2O4. The van der Waals surface area contributed by atoms with Gasteiger partial charge in [-0.05, 0) is 28.3 Å². The molecule has 2 N–H and O–H groups in total. The number of benzene rings is 2. The number of nitrogens with zero attached hydrogens (tertiary/aromatic N) is 1. The van der Waals surface area contributed by atoms with Gasteiger partial charge >= 0.3 is 12.1 Å². The summed E-state index contributed by atoms with van der Waals surface area (Å²) in [5, 5.41) is 11.8. The van der Waals surface area contributed by atoms with E-state index < -0.39 is 12.1 Å². The number of fused-ring (bicyclic) bond motifs is 3. The average molecular weight is 400 g/mol. The summed E-state index contributed by atoms with van der Waals surface area (Å²) in [6, 6.07) is 17.7.